The lowest BCUT2D eigenvalue weighted by Crippen LogP contribution is -2.15. The molecule has 2 rings (SSSR count). The second-order valence-electron chi connectivity index (χ2n) is 4.10. The van der Waals surface area contributed by atoms with E-state index in [4.69, 9.17) is 28.9 Å². The fourth-order valence-corrected chi connectivity index (χ4v) is 4.53. The fraction of sp³-hybridized carbons (Fsp3) is 0.167. The minimum atomic E-state index is -3.73. The van der Waals surface area contributed by atoms with E-state index in [0.717, 1.165) is 5.56 Å². The van der Waals surface area contributed by atoms with E-state index in [1.165, 1.54) is 23.5 Å². The van der Waals surface area contributed by atoms with Crippen molar-refractivity contribution in [1.82, 2.24) is 0 Å². The van der Waals surface area contributed by atoms with Crippen LogP contribution in [0.25, 0.3) is 0 Å². The molecular weight excluding hydrogens is 339 g/mol. The summed E-state index contributed by atoms with van der Waals surface area (Å²) >= 11 is 13.3. The van der Waals surface area contributed by atoms with Crippen molar-refractivity contribution in [3.8, 4) is 0 Å². The molecule has 1 aromatic heterocycles. The maximum atomic E-state index is 12.3. The molecule has 3 N–H and O–H groups in total. The van der Waals surface area contributed by atoms with Crippen molar-refractivity contribution in [3.05, 3.63) is 44.1 Å². The van der Waals surface area contributed by atoms with Crippen LogP contribution in [0, 0.1) is 6.92 Å². The minimum absolute atomic E-state index is 0.163. The molecule has 1 heterocycles. The van der Waals surface area contributed by atoms with Crippen molar-refractivity contribution in [2.45, 2.75) is 18.4 Å². The predicted octanol–water partition coefficient (Wildman–Crippen LogP) is 3.62. The Balaban J connectivity index is 2.41. The molecule has 0 saturated heterocycles. The van der Waals surface area contributed by atoms with E-state index in [1.807, 2.05) is 0 Å². The Morgan fingerprint density at radius 2 is 2.00 bits per heavy atom. The number of rotatable bonds is 4. The molecule has 0 bridgehead atoms. The normalized spacial score (nSPS) is 11.6. The number of nitrogens with one attached hydrogen (secondary N) is 1. The Morgan fingerprint density at radius 1 is 1.30 bits per heavy atom. The van der Waals surface area contributed by atoms with Crippen LogP contribution >= 0.6 is 34.5 Å². The van der Waals surface area contributed by atoms with Crippen molar-refractivity contribution >= 4 is 50.2 Å². The van der Waals surface area contributed by atoms with Crippen molar-refractivity contribution in [2.75, 3.05) is 4.72 Å². The lowest BCUT2D eigenvalue weighted by Gasteiger charge is -2.11. The predicted molar refractivity (Wildman–Crippen MR) is 84.2 cm³/mol. The van der Waals surface area contributed by atoms with E-state index in [1.54, 1.807) is 18.4 Å². The Bertz CT molecular complexity index is 742. The highest BCUT2D eigenvalue weighted by atomic mass is 35.5. The maximum Gasteiger partial charge on any atom is 0.263 e. The van der Waals surface area contributed by atoms with E-state index in [9.17, 15) is 8.42 Å². The molecule has 108 valence electrons. The van der Waals surface area contributed by atoms with E-state index in [2.05, 4.69) is 4.72 Å². The van der Waals surface area contributed by atoms with Gasteiger partial charge in [0.1, 0.15) is 4.90 Å². The Kier molecular flexibility index (Phi) is 4.61. The first-order valence-corrected chi connectivity index (χ1v) is 8.72. The van der Waals surface area contributed by atoms with Crippen LogP contribution in [0.5, 0.6) is 0 Å². The SMILES string of the molecule is Cc1cc(Cl)c(NS(=O)(=O)c2ccsc2CN)cc1Cl. The number of halogens is 2. The molecular formula is C12H12Cl2N2O2S2. The van der Waals surface area contributed by atoms with Gasteiger partial charge in [-0.3, -0.25) is 4.72 Å². The summed E-state index contributed by atoms with van der Waals surface area (Å²) < 4.78 is 27.1. The van der Waals surface area contributed by atoms with Crippen LogP contribution in [0.1, 0.15) is 10.4 Å². The molecule has 0 atom stereocenters. The largest absolute Gasteiger partial charge is 0.326 e. The van der Waals surface area contributed by atoms with E-state index < -0.39 is 10.0 Å². The first kappa shape index (κ1) is 15.6. The standard InChI is InChI=1S/C12H12Cl2N2O2S2/c1-7-4-9(14)10(5-8(7)13)16-20(17,18)12-2-3-19-11(12)6-15/h2-5,16H,6,15H2,1H3. The van der Waals surface area contributed by atoms with Gasteiger partial charge in [-0.15, -0.1) is 11.3 Å². The molecule has 0 aliphatic rings. The van der Waals surface area contributed by atoms with Crippen molar-refractivity contribution < 1.29 is 8.42 Å². The van der Waals surface area contributed by atoms with Gasteiger partial charge in [-0.2, -0.15) is 0 Å². The maximum absolute atomic E-state index is 12.3. The molecule has 8 heteroatoms. The molecule has 1 aromatic carbocycles. The van der Waals surface area contributed by atoms with Crippen LogP contribution in [-0.4, -0.2) is 8.42 Å². The molecule has 0 aliphatic carbocycles. The number of hydrogen-bond acceptors (Lipinski definition) is 4. The van der Waals surface area contributed by atoms with Crippen molar-refractivity contribution in [2.24, 2.45) is 5.73 Å². The minimum Gasteiger partial charge on any atom is -0.326 e. The van der Waals surface area contributed by atoms with Gasteiger partial charge < -0.3 is 5.73 Å². The molecule has 0 unspecified atom stereocenters. The molecule has 0 radical (unpaired) electrons. The Labute approximate surface area is 131 Å². The molecule has 0 saturated carbocycles. The van der Waals surface area contributed by atoms with Crippen LogP contribution in [0.2, 0.25) is 10.0 Å². The van der Waals surface area contributed by atoms with Crippen LogP contribution in [0.3, 0.4) is 0 Å². The number of sulfonamides is 1. The van der Waals surface area contributed by atoms with Crippen molar-refractivity contribution in [3.63, 3.8) is 0 Å². The summed E-state index contributed by atoms with van der Waals surface area (Å²) in [6, 6.07) is 4.61. The Hall–Kier alpha value is -0.790. The zero-order chi connectivity index (χ0) is 14.9. The molecule has 2 aromatic rings. The van der Waals surface area contributed by atoms with Crippen LogP contribution in [0.15, 0.2) is 28.5 Å². The number of hydrogen-bond donors (Lipinski definition) is 2. The zero-order valence-corrected chi connectivity index (χ0v) is 13.6. The quantitative estimate of drug-likeness (QED) is 0.884. The first-order chi connectivity index (χ1) is 9.35. The summed E-state index contributed by atoms with van der Waals surface area (Å²) in [5.41, 5.74) is 6.55. The van der Waals surface area contributed by atoms with E-state index in [0.29, 0.717) is 14.9 Å². The zero-order valence-electron chi connectivity index (χ0n) is 10.5. The number of anilines is 1. The highest BCUT2D eigenvalue weighted by Gasteiger charge is 2.20. The van der Waals surface area contributed by atoms with Gasteiger partial charge in [-0.05, 0) is 36.1 Å². The lowest BCUT2D eigenvalue weighted by molar-refractivity contribution is 0.600. The third-order valence-corrected chi connectivity index (χ3v) is 5.91. The molecule has 20 heavy (non-hydrogen) atoms. The number of aryl methyl sites for hydroxylation is 1. The fourth-order valence-electron chi connectivity index (χ4n) is 1.64. The van der Waals surface area contributed by atoms with Gasteiger partial charge >= 0.3 is 0 Å². The molecule has 0 amide bonds. The summed E-state index contributed by atoms with van der Waals surface area (Å²) in [6.07, 6.45) is 0. The Morgan fingerprint density at radius 3 is 2.65 bits per heavy atom. The second kappa shape index (κ2) is 5.91. The summed E-state index contributed by atoms with van der Waals surface area (Å²) in [6.45, 7) is 1.95. The van der Waals surface area contributed by atoms with Crippen molar-refractivity contribution in [1.29, 1.82) is 0 Å². The topological polar surface area (TPSA) is 72.2 Å². The molecule has 4 nitrogen and oxygen atoms in total. The number of benzene rings is 1. The highest BCUT2D eigenvalue weighted by Crippen LogP contribution is 2.31. The third kappa shape index (κ3) is 3.10. The smallest absolute Gasteiger partial charge is 0.263 e. The lowest BCUT2D eigenvalue weighted by atomic mass is 10.2. The van der Waals surface area contributed by atoms with Gasteiger partial charge in [0.15, 0.2) is 0 Å². The van der Waals surface area contributed by atoms with Gasteiger partial charge in [0.05, 0.1) is 10.7 Å². The van der Waals surface area contributed by atoms with Gasteiger partial charge in [-0.25, -0.2) is 8.42 Å². The number of thiophene rings is 1. The van der Waals surface area contributed by atoms with Gasteiger partial charge in [0.25, 0.3) is 10.0 Å². The van der Waals surface area contributed by atoms with Crippen LogP contribution in [0.4, 0.5) is 5.69 Å². The number of nitrogens with two attached hydrogens (primary N) is 1. The summed E-state index contributed by atoms with van der Waals surface area (Å²) in [5, 5.41) is 2.41. The summed E-state index contributed by atoms with van der Waals surface area (Å²) in [7, 11) is -3.73. The second-order valence-corrected chi connectivity index (χ2v) is 7.56. The molecule has 0 spiro atoms. The molecule has 0 aliphatic heterocycles. The van der Waals surface area contributed by atoms with Crippen LogP contribution < -0.4 is 10.5 Å². The van der Waals surface area contributed by atoms with E-state index >= 15 is 0 Å². The van der Waals surface area contributed by atoms with Gasteiger partial charge in [0, 0.05) is 16.4 Å². The van der Waals surface area contributed by atoms with E-state index in [-0.39, 0.29) is 17.1 Å². The van der Waals surface area contributed by atoms with Gasteiger partial charge in [-0.1, -0.05) is 23.2 Å². The van der Waals surface area contributed by atoms with Gasteiger partial charge in [0.2, 0.25) is 0 Å². The first-order valence-electron chi connectivity index (χ1n) is 5.60. The average molecular weight is 351 g/mol. The monoisotopic (exact) mass is 350 g/mol. The average Bonchev–Trinajstić information content (AvgIpc) is 2.84. The van der Waals surface area contributed by atoms with Crippen LogP contribution in [-0.2, 0) is 16.6 Å². The summed E-state index contributed by atoms with van der Waals surface area (Å²) in [4.78, 5) is 0.754. The highest BCUT2D eigenvalue weighted by molar-refractivity contribution is 7.93. The summed E-state index contributed by atoms with van der Waals surface area (Å²) in [5.74, 6) is 0. The molecule has 0 fully saturated rings. The third-order valence-electron chi connectivity index (χ3n) is 2.67.